The van der Waals surface area contributed by atoms with Crippen LogP contribution in [0.25, 0.3) is 0 Å². The molecule has 0 saturated heterocycles. The summed E-state index contributed by atoms with van der Waals surface area (Å²) in [5.74, 6) is 0.712. The zero-order chi connectivity index (χ0) is 16.8. The highest BCUT2D eigenvalue weighted by Crippen LogP contribution is 2.13. The number of carbonyl (C=O) groups excluding carboxylic acids is 1. The number of likely N-dealkylation sites (N-methyl/N-ethyl adjacent to an activating group) is 1. The number of halogens is 1. The summed E-state index contributed by atoms with van der Waals surface area (Å²) in [5, 5.41) is 10.1. The van der Waals surface area contributed by atoms with E-state index in [9.17, 15) is 4.79 Å². The SMILES string of the molecule is CNC(C(=O)NC(C)COc1cccc(C)c1)c1cnn(C)c1.Cl. The zero-order valence-corrected chi connectivity index (χ0v) is 15.3. The topological polar surface area (TPSA) is 68.2 Å². The van der Waals surface area contributed by atoms with Gasteiger partial charge in [-0.25, -0.2) is 0 Å². The lowest BCUT2D eigenvalue weighted by molar-refractivity contribution is -0.124. The lowest BCUT2D eigenvalue weighted by Gasteiger charge is -2.19. The van der Waals surface area contributed by atoms with E-state index in [-0.39, 0.29) is 24.4 Å². The van der Waals surface area contributed by atoms with E-state index in [0.29, 0.717) is 6.61 Å². The molecule has 0 aliphatic carbocycles. The van der Waals surface area contributed by atoms with Crippen molar-refractivity contribution in [1.29, 1.82) is 0 Å². The smallest absolute Gasteiger partial charge is 0.242 e. The van der Waals surface area contributed by atoms with Crippen LogP contribution >= 0.6 is 12.4 Å². The predicted octanol–water partition coefficient (Wildman–Crippen LogP) is 1.99. The number of benzene rings is 1. The second kappa shape index (κ2) is 9.30. The fourth-order valence-corrected chi connectivity index (χ4v) is 2.33. The van der Waals surface area contributed by atoms with Gasteiger partial charge in [-0.1, -0.05) is 12.1 Å². The van der Waals surface area contributed by atoms with Gasteiger partial charge in [-0.15, -0.1) is 12.4 Å². The van der Waals surface area contributed by atoms with Crippen molar-refractivity contribution in [2.45, 2.75) is 25.9 Å². The average Bonchev–Trinajstić information content (AvgIpc) is 2.92. The van der Waals surface area contributed by atoms with Crippen LogP contribution in [0, 0.1) is 6.92 Å². The number of aromatic nitrogens is 2. The molecule has 6 nitrogen and oxygen atoms in total. The van der Waals surface area contributed by atoms with Crippen LogP contribution in [0.3, 0.4) is 0 Å². The molecule has 1 aromatic heterocycles. The van der Waals surface area contributed by atoms with Gasteiger partial charge in [0.05, 0.1) is 12.2 Å². The molecule has 132 valence electrons. The first kappa shape index (κ1) is 20.0. The number of nitrogens with zero attached hydrogens (tertiary/aromatic N) is 2. The van der Waals surface area contributed by atoms with Crippen LogP contribution in [0.5, 0.6) is 5.75 Å². The van der Waals surface area contributed by atoms with Crippen LogP contribution < -0.4 is 15.4 Å². The highest BCUT2D eigenvalue weighted by atomic mass is 35.5. The van der Waals surface area contributed by atoms with Crippen LogP contribution in [-0.4, -0.2) is 35.4 Å². The Morgan fingerprint density at radius 2 is 2.17 bits per heavy atom. The Morgan fingerprint density at radius 1 is 1.42 bits per heavy atom. The maximum atomic E-state index is 12.4. The van der Waals surface area contributed by atoms with E-state index in [1.807, 2.05) is 51.4 Å². The molecule has 2 unspecified atom stereocenters. The summed E-state index contributed by atoms with van der Waals surface area (Å²) in [7, 11) is 3.58. The maximum Gasteiger partial charge on any atom is 0.242 e. The molecule has 0 spiro atoms. The minimum absolute atomic E-state index is 0. The minimum atomic E-state index is -0.426. The standard InChI is InChI=1S/C17H24N4O2.ClH/c1-12-6-5-7-15(8-12)23-11-13(2)20-17(22)16(18-3)14-9-19-21(4)10-14;/h5-10,13,16,18H,11H2,1-4H3,(H,20,22);1H. The molecule has 2 rings (SSSR count). The van der Waals surface area contributed by atoms with Gasteiger partial charge in [-0.2, -0.15) is 5.10 Å². The van der Waals surface area contributed by atoms with Crippen LogP contribution in [0.4, 0.5) is 0 Å². The predicted molar refractivity (Wildman–Crippen MR) is 96.5 cm³/mol. The van der Waals surface area contributed by atoms with Gasteiger partial charge in [-0.3, -0.25) is 9.48 Å². The fraction of sp³-hybridized carbons (Fsp3) is 0.412. The van der Waals surface area contributed by atoms with Crippen molar-refractivity contribution in [2.75, 3.05) is 13.7 Å². The largest absolute Gasteiger partial charge is 0.491 e. The Labute approximate surface area is 149 Å². The van der Waals surface area contributed by atoms with E-state index in [1.54, 1.807) is 17.9 Å². The van der Waals surface area contributed by atoms with Gasteiger partial charge >= 0.3 is 0 Å². The quantitative estimate of drug-likeness (QED) is 0.799. The number of hydrogen-bond acceptors (Lipinski definition) is 4. The van der Waals surface area contributed by atoms with Crippen molar-refractivity contribution >= 4 is 18.3 Å². The number of nitrogens with one attached hydrogen (secondary N) is 2. The van der Waals surface area contributed by atoms with Crippen LogP contribution in [-0.2, 0) is 11.8 Å². The second-order valence-corrected chi connectivity index (χ2v) is 5.71. The van der Waals surface area contributed by atoms with E-state index in [2.05, 4.69) is 15.7 Å². The third kappa shape index (κ3) is 5.54. The van der Waals surface area contributed by atoms with E-state index in [4.69, 9.17) is 4.74 Å². The van der Waals surface area contributed by atoms with Crippen molar-refractivity contribution in [1.82, 2.24) is 20.4 Å². The van der Waals surface area contributed by atoms with Gasteiger partial charge < -0.3 is 15.4 Å². The highest BCUT2D eigenvalue weighted by molar-refractivity contribution is 5.85. The summed E-state index contributed by atoms with van der Waals surface area (Å²) in [6.45, 7) is 4.35. The summed E-state index contributed by atoms with van der Waals surface area (Å²) in [6, 6.07) is 7.33. The summed E-state index contributed by atoms with van der Waals surface area (Å²) >= 11 is 0. The van der Waals surface area contributed by atoms with Gasteiger partial charge in [0.1, 0.15) is 18.4 Å². The monoisotopic (exact) mass is 352 g/mol. The first-order chi connectivity index (χ1) is 11.0. The molecule has 0 radical (unpaired) electrons. The molecule has 0 aliphatic rings. The van der Waals surface area contributed by atoms with Gasteiger partial charge in [-0.05, 0) is 38.6 Å². The normalized spacial score (nSPS) is 12.8. The molecule has 2 aromatic rings. The highest BCUT2D eigenvalue weighted by Gasteiger charge is 2.21. The van der Waals surface area contributed by atoms with E-state index in [1.165, 1.54) is 0 Å². The van der Waals surface area contributed by atoms with Crippen molar-refractivity contribution in [3.8, 4) is 5.75 Å². The molecule has 0 fully saturated rings. The number of ether oxygens (including phenoxy) is 1. The van der Waals surface area contributed by atoms with Crippen molar-refractivity contribution in [3.63, 3.8) is 0 Å². The molecule has 2 atom stereocenters. The lowest BCUT2D eigenvalue weighted by atomic mass is 10.1. The van der Waals surface area contributed by atoms with Crippen molar-refractivity contribution in [2.24, 2.45) is 7.05 Å². The maximum absolute atomic E-state index is 12.4. The molecule has 1 aromatic carbocycles. The van der Waals surface area contributed by atoms with Crippen LogP contribution in [0.15, 0.2) is 36.7 Å². The fourth-order valence-electron chi connectivity index (χ4n) is 2.33. The van der Waals surface area contributed by atoms with E-state index < -0.39 is 6.04 Å². The molecular formula is C17H25ClN4O2. The summed E-state index contributed by atoms with van der Waals surface area (Å²) < 4.78 is 7.40. The summed E-state index contributed by atoms with van der Waals surface area (Å²) in [4.78, 5) is 12.4. The van der Waals surface area contributed by atoms with Crippen molar-refractivity contribution < 1.29 is 9.53 Å². The number of amides is 1. The van der Waals surface area contributed by atoms with Gasteiger partial charge in [0.15, 0.2) is 0 Å². The molecule has 0 saturated carbocycles. The number of hydrogen-bond donors (Lipinski definition) is 2. The summed E-state index contributed by atoms with van der Waals surface area (Å²) in [6.07, 6.45) is 3.52. The molecule has 0 aliphatic heterocycles. The average molecular weight is 353 g/mol. The molecule has 7 heteroatoms. The van der Waals surface area contributed by atoms with Gasteiger partial charge in [0, 0.05) is 18.8 Å². The van der Waals surface area contributed by atoms with E-state index in [0.717, 1.165) is 16.9 Å². The van der Waals surface area contributed by atoms with E-state index >= 15 is 0 Å². The third-order valence-electron chi connectivity index (χ3n) is 3.49. The van der Waals surface area contributed by atoms with Crippen LogP contribution in [0.2, 0.25) is 0 Å². The van der Waals surface area contributed by atoms with Gasteiger partial charge in [0.2, 0.25) is 5.91 Å². The van der Waals surface area contributed by atoms with Gasteiger partial charge in [0.25, 0.3) is 0 Å². The Bertz CT molecular complexity index is 660. The zero-order valence-electron chi connectivity index (χ0n) is 14.4. The Hall–Kier alpha value is -2.05. The number of rotatable bonds is 7. The Morgan fingerprint density at radius 3 is 2.75 bits per heavy atom. The molecule has 2 N–H and O–H groups in total. The molecular weight excluding hydrogens is 328 g/mol. The molecule has 24 heavy (non-hydrogen) atoms. The Kier molecular flexibility index (Phi) is 7.74. The molecule has 1 heterocycles. The van der Waals surface area contributed by atoms with Crippen LogP contribution in [0.1, 0.15) is 24.1 Å². The number of aryl methyl sites for hydroxylation is 2. The second-order valence-electron chi connectivity index (χ2n) is 5.71. The molecule has 1 amide bonds. The minimum Gasteiger partial charge on any atom is -0.491 e. The van der Waals surface area contributed by atoms with Crippen molar-refractivity contribution in [3.05, 3.63) is 47.8 Å². The molecule has 0 bridgehead atoms. The first-order valence-electron chi connectivity index (χ1n) is 7.65. The lowest BCUT2D eigenvalue weighted by Crippen LogP contribution is -2.42. The summed E-state index contributed by atoms with van der Waals surface area (Å²) in [5.41, 5.74) is 1.98. The Balaban J connectivity index is 0.00000288. The number of carbonyl (C=O) groups is 1. The first-order valence-corrected chi connectivity index (χ1v) is 7.65. The third-order valence-corrected chi connectivity index (χ3v) is 3.49.